The lowest BCUT2D eigenvalue weighted by molar-refractivity contribution is -0.105. The highest BCUT2D eigenvalue weighted by molar-refractivity contribution is 5.92. The van der Waals surface area contributed by atoms with Crippen LogP contribution >= 0.6 is 0 Å². The van der Waals surface area contributed by atoms with E-state index in [2.05, 4.69) is 25.4 Å². The second-order valence-electron chi connectivity index (χ2n) is 7.35. The molecule has 0 saturated heterocycles. The molecule has 5 rings (SSSR count). The second kappa shape index (κ2) is 10.8. The predicted molar refractivity (Wildman–Crippen MR) is 126 cm³/mol. The molecule has 4 heterocycles. The number of nitrogens with zero attached hydrogens (tertiary/aromatic N) is 5. The van der Waals surface area contributed by atoms with Crippen LogP contribution < -0.4 is 5.32 Å². The molecule has 4 aromatic heterocycles. The Bertz CT molecular complexity index is 1200. The summed E-state index contributed by atoms with van der Waals surface area (Å²) < 4.78 is 1.72. The van der Waals surface area contributed by atoms with Gasteiger partial charge in [0, 0.05) is 35.0 Å². The monoisotopic (exact) mass is 434 g/mol. The van der Waals surface area contributed by atoms with Gasteiger partial charge in [-0.2, -0.15) is 5.10 Å². The van der Waals surface area contributed by atoms with E-state index in [1.54, 1.807) is 23.0 Å². The summed E-state index contributed by atoms with van der Waals surface area (Å²) in [5, 5.41) is 17.8. The Balaban J connectivity index is 0.000000522. The summed E-state index contributed by atoms with van der Waals surface area (Å²) in [6.07, 6.45) is 10.1. The first-order valence-corrected chi connectivity index (χ1v) is 11.1. The number of aliphatic hydroxyl groups is 1. The fourth-order valence-electron chi connectivity index (χ4n) is 3.16. The highest BCUT2D eigenvalue weighted by Gasteiger charge is 2.15. The molecule has 2 N–H and O–H groups in total. The average Bonchev–Trinajstić information content (AvgIpc) is 3.63. The standard InChI is InChI=1S/C19H18N6O2.C3H6.C2H6/c1-3-17(27)15-4-11(2)14(8-20-15)13-5-12-7-21-18(23-10-26)6-16(12)25-19(13)22-9-24-25;1-2-3-1;1-2/h4-10,17,27H,3H2,1-2H3,(H,21,23,26);1-3H2;1-2H3. The molecule has 0 aromatic carbocycles. The molecule has 8 nitrogen and oxygen atoms in total. The largest absolute Gasteiger partial charge is 0.387 e. The highest BCUT2D eigenvalue weighted by Crippen LogP contribution is 2.31. The molecule has 4 aromatic rings. The van der Waals surface area contributed by atoms with Crippen LogP contribution in [0.2, 0.25) is 0 Å². The van der Waals surface area contributed by atoms with Crippen molar-refractivity contribution in [3.8, 4) is 11.1 Å². The maximum Gasteiger partial charge on any atom is 0.212 e. The van der Waals surface area contributed by atoms with E-state index in [-0.39, 0.29) is 0 Å². The normalized spacial score (nSPS) is 12.9. The quantitative estimate of drug-likeness (QED) is 0.435. The van der Waals surface area contributed by atoms with Gasteiger partial charge in [-0.25, -0.2) is 14.5 Å². The average molecular weight is 435 g/mol. The van der Waals surface area contributed by atoms with Crippen LogP contribution in [0.5, 0.6) is 0 Å². The molecule has 0 spiro atoms. The van der Waals surface area contributed by atoms with Crippen molar-refractivity contribution in [2.75, 3.05) is 5.32 Å². The molecule has 1 saturated carbocycles. The Morgan fingerprint density at radius 3 is 2.47 bits per heavy atom. The summed E-state index contributed by atoms with van der Waals surface area (Å²) in [6.45, 7) is 7.90. The first-order chi connectivity index (χ1) is 15.6. The Kier molecular flexibility index (Phi) is 7.83. The number of pyridine rings is 3. The molecule has 1 amide bonds. The molecule has 8 heteroatoms. The van der Waals surface area contributed by atoms with E-state index in [0.29, 0.717) is 30.0 Å². The molecule has 1 aliphatic carbocycles. The minimum absolute atomic E-state index is 0.442. The molecule has 168 valence electrons. The third-order valence-corrected chi connectivity index (χ3v) is 4.94. The van der Waals surface area contributed by atoms with E-state index < -0.39 is 6.10 Å². The zero-order chi connectivity index (χ0) is 23.1. The lowest BCUT2D eigenvalue weighted by Crippen LogP contribution is -2.02. The lowest BCUT2D eigenvalue weighted by atomic mass is 10.0. The van der Waals surface area contributed by atoms with E-state index in [9.17, 15) is 9.90 Å². The fourth-order valence-corrected chi connectivity index (χ4v) is 3.16. The molecule has 0 aliphatic heterocycles. The number of amides is 1. The van der Waals surface area contributed by atoms with Gasteiger partial charge >= 0.3 is 0 Å². The Morgan fingerprint density at radius 1 is 1.09 bits per heavy atom. The number of carbonyl (C=O) groups is 1. The number of aliphatic hydroxyl groups excluding tert-OH is 1. The summed E-state index contributed by atoms with van der Waals surface area (Å²) >= 11 is 0. The summed E-state index contributed by atoms with van der Waals surface area (Å²) in [5.74, 6) is 0.442. The fraction of sp³-hybridized carbons (Fsp3) is 0.375. The van der Waals surface area contributed by atoms with Crippen molar-refractivity contribution < 1.29 is 9.90 Å². The number of aryl methyl sites for hydroxylation is 1. The van der Waals surface area contributed by atoms with Crippen molar-refractivity contribution in [2.24, 2.45) is 0 Å². The minimum Gasteiger partial charge on any atom is -0.387 e. The number of rotatable bonds is 5. The van der Waals surface area contributed by atoms with Gasteiger partial charge in [0.1, 0.15) is 12.1 Å². The van der Waals surface area contributed by atoms with Crippen molar-refractivity contribution in [1.29, 1.82) is 0 Å². The van der Waals surface area contributed by atoms with Crippen molar-refractivity contribution in [2.45, 2.75) is 59.5 Å². The summed E-state index contributed by atoms with van der Waals surface area (Å²) in [7, 11) is 0. The number of carbonyl (C=O) groups excluding carboxylic acids is 1. The number of nitrogens with one attached hydrogen (secondary N) is 1. The maximum absolute atomic E-state index is 10.7. The molecule has 1 fully saturated rings. The number of hydrogen-bond acceptors (Lipinski definition) is 6. The van der Waals surface area contributed by atoms with Crippen LogP contribution in [0.25, 0.3) is 27.7 Å². The van der Waals surface area contributed by atoms with Crippen LogP contribution in [-0.2, 0) is 4.79 Å². The van der Waals surface area contributed by atoms with Crippen molar-refractivity contribution in [3.05, 3.63) is 48.2 Å². The predicted octanol–water partition coefficient (Wildman–Crippen LogP) is 4.86. The van der Waals surface area contributed by atoms with E-state index in [1.807, 2.05) is 39.8 Å². The Morgan fingerprint density at radius 2 is 1.84 bits per heavy atom. The molecule has 1 aliphatic rings. The van der Waals surface area contributed by atoms with Gasteiger partial charge in [-0.1, -0.05) is 40.0 Å². The van der Waals surface area contributed by atoms with Gasteiger partial charge in [0.2, 0.25) is 6.41 Å². The van der Waals surface area contributed by atoms with E-state index >= 15 is 0 Å². The first-order valence-electron chi connectivity index (χ1n) is 11.1. The van der Waals surface area contributed by atoms with Crippen LogP contribution in [0.4, 0.5) is 5.82 Å². The van der Waals surface area contributed by atoms with Gasteiger partial charge in [0.05, 0.1) is 17.3 Å². The first kappa shape index (κ1) is 23.3. The van der Waals surface area contributed by atoms with Crippen LogP contribution in [0.3, 0.4) is 0 Å². The topological polar surface area (TPSA) is 105 Å². The summed E-state index contributed by atoms with van der Waals surface area (Å²) in [4.78, 5) is 23.8. The van der Waals surface area contributed by atoms with Crippen LogP contribution in [0.1, 0.15) is 63.8 Å². The molecule has 32 heavy (non-hydrogen) atoms. The van der Waals surface area contributed by atoms with Gasteiger partial charge < -0.3 is 10.4 Å². The van der Waals surface area contributed by atoms with Crippen molar-refractivity contribution in [1.82, 2.24) is 24.6 Å². The molecule has 1 atom stereocenters. The zero-order valence-corrected chi connectivity index (χ0v) is 19.0. The number of fused-ring (bicyclic) bond motifs is 3. The van der Waals surface area contributed by atoms with Crippen LogP contribution in [-0.4, -0.2) is 36.1 Å². The van der Waals surface area contributed by atoms with Gasteiger partial charge in [-0.05, 0) is 31.0 Å². The van der Waals surface area contributed by atoms with E-state index in [4.69, 9.17) is 0 Å². The third-order valence-electron chi connectivity index (χ3n) is 4.94. The van der Waals surface area contributed by atoms with Gasteiger partial charge in [0.15, 0.2) is 5.65 Å². The smallest absolute Gasteiger partial charge is 0.212 e. The lowest BCUT2D eigenvalue weighted by Gasteiger charge is -2.13. The summed E-state index contributed by atoms with van der Waals surface area (Å²) in [6, 6.07) is 5.63. The maximum atomic E-state index is 10.7. The number of hydrogen-bond donors (Lipinski definition) is 2. The molecular weight excluding hydrogens is 404 g/mol. The van der Waals surface area contributed by atoms with Crippen LogP contribution in [0.15, 0.2) is 36.9 Å². The zero-order valence-electron chi connectivity index (χ0n) is 19.0. The van der Waals surface area contributed by atoms with Gasteiger partial charge in [0.25, 0.3) is 0 Å². The third kappa shape index (κ3) is 5.08. The van der Waals surface area contributed by atoms with E-state index in [1.165, 1.54) is 25.6 Å². The molecule has 1 unspecified atom stereocenters. The van der Waals surface area contributed by atoms with Gasteiger partial charge in [-0.3, -0.25) is 9.78 Å². The SMILES string of the molecule is C1CC1.CC.CCC(O)c1cc(C)c(-c2cc3cnc(NC=O)cc3n3ncnc23)cn1. The van der Waals surface area contributed by atoms with Gasteiger partial charge in [-0.15, -0.1) is 0 Å². The van der Waals surface area contributed by atoms with Crippen LogP contribution in [0, 0.1) is 6.92 Å². The molecule has 0 bridgehead atoms. The molecular formula is C24H30N6O2. The number of anilines is 1. The van der Waals surface area contributed by atoms with Crippen molar-refractivity contribution >= 4 is 28.8 Å². The van der Waals surface area contributed by atoms with E-state index in [0.717, 1.165) is 27.6 Å². The minimum atomic E-state index is -0.574. The number of aromatic nitrogens is 5. The van der Waals surface area contributed by atoms with Crippen molar-refractivity contribution in [3.63, 3.8) is 0 Å². The highest BCUT2D eigenvalue weighted by atomic mass is 16.3. The molecule has 0 radical (unpaired) electrons. The summed E-state index contributed by atoms with van der Waals surface area (Å²) in [5.41, 5.74) is 4.90. The second-order valence-corrected chi connectivity index (χ2v) is 7.35. The Labute approximate surface area is 187 Å². The Hall–Kier alpha value is -3.39.